The fourth-order valence-electron chi connectivity index (χ4n) is 4.07. The van der Waals surface area contributed by atoms with Gasteiger partial charge in [0.05, 0.1) is 20.6 Å². The molecule has 0 aromatic heterocycles. The number of benzene rings is 3. The van der Waals surface area contributed by atoms with Gasteiger partial charge in [-0.15, -0.1) is 0 Å². The molecule has 1 atom stereocenters. The second kappa shape index (κ2) is 13.9. The lowest BCUT2D eigenvalue weighted by Crippen LogP contribution is -2.53. The lowest BCUT2D eigenvalue weighted by Gasteiger charge is -2.34. The van der Waals surface area contributed by atoms with Crippen LogP contribution >= 0.6 is 46.4 Å². The van der Waals surface area contributed by atoms with Crippen molar-refractivity contribution in [2.45, 2.75) is 50.7 Å². The Bertz CT molecular complexity index is 1450. The summed E-state index contributed by atoms with van der Waals surface area (Å²) in [6.45, 7) is 4.55. The van der Waals surface area contributed by atoms with E-state index < -0.39 is 34.4 Å². The van der Waals surface area contributed by atoms with Gasteiger partial charge in [0, 0.05) is 28.2 Å². The maximum absolute atomic E-state index is 14.1. The zero-order chi connectivity index (χ0) is 29.6. The first-order valence-corrected chi connectivity index (χ1v) is 15.4. The summed E-state index contributed by atoms with van der Waals surface area (Å²) in [6.07, 6.45) is 0.246. The fraction of sp³-hybridized carbons (Fsp3) is 0.286. The molecule has 0 heterocycles. The fourth-order valence-corrected chi connectivity index (χ4v) is 6.48. The van der Waals surface area contributed by atoms with Crippen LogP contribution in [-0.2, 0) is 26.2 Å². The minimum absolute atomic E-state index is 0.0155. The number of anilines is 1. The number of rotatable bonds is 11. The van der Waals surface area contributed by atoms with Gasteiger partial charge in [-0.1, -0.05) is 83.7 Å². The van der Waals surface area contributed by atoms with E-state index in [9.17, 15) is 18.0 Å². The Hall–Kier alpha value is -2.49. The van der Waals surface area contributed by atoms with Crippen molar-refractivity contribution in [2.75, 3.05) is 10.8 Å². The molecule has 0 aliphatic carbocycles. The number of carbonyl (C=O) groups is 2. The summed E-state index contributed by atoms with van der Waals surface area (Å²) in [5.74, 6) is -1.07. The van der Waals surface area contributed by atoms with Gasteiger partial charge in [-0.3, -0.25) is 13.9 Å². The largest absolute Gasteiger partial charge is 0.352 e. The van der Waals surface area contributed by atoms with Crippen LogP contribution in [0.1, 0.15) is 32.8 Å². The second-order valence-corrected chi connectivity index (χ2v) is 12.7. The first-order chi connectivity index (χ1) is 18.9. The van der Waals surface area contributed by atoms with Gasteiger partial charge in [-0.05, 0) is 56.7 Å². The number of hydrogen-bond acceptors (Lipinski definition) is 4. The summed E-state index contributed by atoms with van der Waals surface area (Å²) in [6, 6.07) is 15.9. The Balaban J connectivity index is 2.14. The topological polar surface area (TPSA) is 86.8 Å². The summed E-state index contributed by atoms with van der Waals surface area (Å²) in [5.41, 5.74) is 0.440. The maximum atomic E-state index is 14.1. The van der Waals surface area contributed by atoms with Crippen LogP contribution in [-0.4, -0.2) is 43.8 Å². The highest BCUT2D eigenvalue weighted by molar-refractivity contribution is 7.92. The van der Waals surface area contributed by atoms with Crippen molar-refractivity contribution in [3.8, 4) is 0 Å². The number of hydrogen-bond donors (Lipinski definition) is 1. The van der Waals surface area contributed by atoms with Gasteiger partial charge in [0.15, 0.2) is 0 Å². The SMILES string of the molecule is CCC(C(=O)NC(C)C)N(Cc1c(Cl)cccc1Cl)C(=O)CN(c1cccc(Cl)c1Cl)S(=O)(=O)c1ccccc1. The van der Waals surface area contributed by atoms with Crippen LogP contribution in [0, 0.1) is 0 Å². The zero-order valence-electron chi connectivity index (χ0n) is 22.1. The molecule has 0 aliphatic rings. The number of nitrogens with one attached hydrogen (secondary N) is 1. The van der Waals surface area contributed by atoms with Crippen molar-refractivity contribution in [3.05, 3.63) is 92.4 Å². The first kappa shape index (κ1) is 32.0. The molecule has 0 saturated heterocycles. The molecule has 2 amide bonds. The van der Waals surface area contributed by atoms with E-state index in [1.165, 1.54) is 35.2 Å². The van der Waals surface area contributed by atoms with Crippen molar-refractivity contribution in [1.82, 2.24) is 10.2 Å². The van der Waals surface area contributed by atoms with Crippen molar-refractivity contribution < 1.29 is 18.0 Å². The molecule has 12 heteroatoms. The Kier molecular flexibility index (Phi) is 11.1. The number of carbonyl (C=O) groups excluding carboxylic acids is 2. The average Bonchev–Trinajstić information content (AvgIpc) is 2.90. The molecule has 7 nitrogen and oxygen atoms in total. The molecule has 0 fully saturated rings. The monoisotopic (exact) mass is 643 g/mol. The number of amides is 2. The molecule has 3 aromatic carbocycles. The standard InChI is InChI=1S/C28H29Cl4N3O4S/c1-4-24(28(37)33-18(2)3)34(16-20-21(29)12-8-13-22(20)30)26(36)17-35(25-15-9-14-23(31)27(25)32)40(38,39)19-10-6-5-7-11-19/h5-15,18,24H,4,16-17H2,1-3H3,(H,33,37). The molecule has 0 saturated carbocycles. The molecule has 0 radical (unpaired) electrons. The van der Waals surface area contributed by atoms with E-state index in [4.69, 9.17) is 46.4 Å². The summed E-state index contributed by atoms with van der Waals surface area (Å²) in [4.78, 5) is 28.6. The highest BCUT2D eigenvalue weighted by Gasteiger charge is 2.35. The smallest absolute Gasteiger partial charge is 0.264 e. The van der Waals surface area contributed by atoms with Crippen molar-refractivity contribution >= 4 is 73.9 Å². The summed E-state index contributed by atoms with van der Waals surface area (Å²) >= 11 is 25.5. The van der Waals surface area contributed by atoms with Crippen LogP contribution in [0.3, 0.4) is 0 Å². The predicted molar refractivity (Wildman–Crippen MR) is 162 cm³/mol. The quantitative estimate of drug-likeness (QED) is 0.248. The molecule has 1 N–H and O–H groups in total. The van der Waals surface area contributed by atoms with Crippen molar-refractivity contribution in [3.63, 3.8) is 0 Å². The highest BCUT2D eigenvalue weighted by Crippen LogP contribution is 2.36. The average molecular weight is 645 g/mol. The van der Waals surface area contributed by atoms with E-state index in [2.05, 4.69) is 5.32 Å². The van der Waals surface area contributed by atoms with Crippen LogP contribution < -0.4 is 9.62 Å². The Labute approximate surface area is 255 Å². The molecular formula is C28H29Cl4N3O4S. The van der Waals surface area contributed by atoms with Gasteiger partial charge in [0.1, 0.15) is 12.6 Å². The van der Waals surface area contributed by atoms with E-state index in [0.717, 1.165) is 4.31 Å². The van der Waals surface area contributed by atoms with Crippen LogP contribution in [0.2, 0.25) is 20.1 Å². The van der Waals surface area contributed by atoms with Crippen LogP contribution in [0.4, 0.5) is 5.69 Å². The molecule has 1 unspecified atom stereocenters. The van der Waals surface area contributed by atoms with Gasteiger partial charge < -0.3 is 10.2 Å². The minimum Gasteiger partial charge on any atom is -0.352 e. The predicted octanol–water partition coefficient (Wildman–Crippen LogP) is 6.83. The molecule has 40 heavy (non-hydrogen) atoms. The van der Waals surface area contributed by atoms with Gasteiger partial charge >= 0.3 is 0 Å². The zero-order valence-corrected chi connectivity index (χ0v) is 25.9. The first-order valence-electron chi connectivity index (χ1n) is 12.4. The summed E-state index contributed by atoms with van der Waals surface area (Å²) in [5, 5.41) is 3.51. The third-order valence-corrected chi connectivity index (χ3v) is 9.31. The second-order valence-electron chi connectivity index (χ2n) is 9.21. The third-order valence-electron chi connectivity index (χ3n) is 6.02. The molecule has 0 spiro atoms. The lowest BCUT2D eigenvalue weighted by atomic mass is 10.1. The van der Waals surface area contributed by atoms with E-state index in [1.807, 2.05) is 0 Å². The lowest BCUT2D eigenvalue weighted by molar-refractivity contribution is -0.140. The van der Waals surface area contributed by atoms with Gasteiger partial charge in [-0.25, -0.2) is 8.42 Å². The van der Waals surface area contributed by atoms with Crippen molar-refractivity contribution in [1.29, 1.82) is 0 Å². The van der Waals surface area contributed by atoms with Crippen molar-refractivity contribution in [2.24, 2.45) is 0 Å². The van der Waals surface area contributed by atoms with Crippen LogP contribution in [0.15, 0.2) is 71.6 Å². The van der Waals surface area contributed by atoms with Crippen LogP contribution in [0.5, 0.6) is 0 Å². The molecule has 3 aromatic rings. The molecule has 0 aliphatic heterocycles. The van der Waals surface area contributed by atoms with E-state index in [1.54, 1.807) is 57.2 Å². The summed E-state index contributed by atoms with van der Waals surface area (Å²) < 4.78 is 28.6. The Morgan fingerprint density at radius 1 is 0.850 bits per heavy atom. The molecule has 3 rings (SSSR count). The van der Waals surface area contributed by atoms with Crippen LogP contribution in [0.25, 0.3) is 0 Å². The molecule has 0 bridgehead atoms. The Morgan fingerprint density at radius 3 is 2.00 bits per heavy atom. The third kappa shape index (κ3) is 7.42. The number of nitrogens with zero attached hydrogens (tertiary/aromatic N) is 2. The van der Waals surface area contributed by atoms with E-state index >= 15 is 0 Å². The maximum Gasteiger partial charge on any atom is 0.264 e. The van der Waals surface area contributed by atoms with E-state index in [0.29, 0.717) is 15.6 Å². The van der Waals surface area contributed by atoms with Gasteiger partial charge in [0.2, 0.25) is 11.8 Å². The summed E-state index contributed by atoms with van der Waals surface area (Å²) in [7, 11) is -4.29. The molecular weight excluding hydrogens is 616 g/mol. The molecule has 214 valence electrons. The van der Waals surface area contributed by atoms with Gasteiger partial charge in [0.25, 0.3) is 10.0 Å². The highest BCUT2D eigenvalue weighted by atomic mass is 35.5. The normalized spacial score (nSPS) is 12.2. The number of sulfonamides is 1. The van der Waals surface area contributed by atoms with Gasteiger partial charge in [-0.2, -0.15) is 0 Å². The number of halogens is 4. The minimum atomic E-state index is -4.29. The Morgan fingerprint density at radius 2 is 1.43 bits per heavy atom. The van der Waals surface area contributed by atoms with E-state index in [-0.39, 0.29) is 39.6 Å².